The third-order valence-corrected chi connectivity index (χ3v) is 8.54. The molecule has 0 bridgehead atoms. The number of hydrogen-bond acceptors (Lipinski definition) is 8. The first-order chi connectivity index (χ1) is 21.4. The molecule has 0 spiro atoms. The Balaban J connectivity index is 1.83. The first kappa shape index (κ1) is 39.2. The quantitative estimate of drug-likeness (QED) is 0.109. The summed E-state index contributed by atoms with van der Waals surface area (Å²) >= 11 is 0. The summed E-state index contributed by atoms with van der Waals surface area (Å²) in [6.45, 7) is 9.97. The average molecular weight is 639 g/mol. The summed E-state index contributed by atoms with van der Waals surface area (Å²) in [6, 6.07) is -0.822. The summed E-state index contributed by atoms with van der Waals surface area (Å²) in [4.78, 5) is 40.7. The monoisotopic (exact) mass is 638 g/mol. The standard InChI is InChI=1S/C35H62N2O8/c1-8-9-10-11-12-13-14-15-16-17-18-19-29(38)43-26-21-22-27(34(41)37(6)24-26)36-33(40)32(42-7)31-30(39)28(23-20-25(2)3)44-35(4,5)45-31/h20,23,25-28,30-32,39H,8-19,21-22,24H2,1-7H3,(H,36,40)/b23-20+/t26-,27-,28+,30-,31+,32+/m0/s1. The van der Waals surface area contributed by atoms with Crippen LogP contribution in [0.2, 0.25) is 0 Å². The number of aliphatic hydroxyl groups excluding tert-OH is 1. The fourth-order valence-electron chi connectivity index (χ4n) is 6.02. The van der Waals surface area contributed by atoms with Crippen LogP contribution in [0.25, 0.3) is 0 Å². The Bertz CT molecular complexity index is 923. The Labute approximate surface area is 271 Å². The summed E-state index contributed by atoms with van der Waals surface area (Å²) in [5.41, 5.74) is 0. The smallest absolute Gasteiger partial charge is 0.306 e. The molecule has 0 unspecified atom stereocenters. The molecule has 0 aromatic rings. The maximum absolute atomic E-state index is 13.4. The molecule has 2 aliphatic rings. The van der Waals surface area contributed by atoms with Crippen molar-refractivity contribution in [2.24, 2.45) is 5.92 Å². The minimum absolute atomic E-state index is 0.243. The zero-order valence-electron chi connectivity index (χ0n) is 29.1. The number of allylic oxidation sites excluding steroid dienone is 1. The van der Waals surface area contributed by atoms with Crippen molar-refractivity contribution in [3.63, 3.8) is 0 Å². The number of hydrogen-bond donors (Lipinski definition) is 2. The van der Waals surface area contributed by atoms with Crippen LogP contribution in [-0.4, -0.2) is 90.8 Å². The van der Waals surface area contributed by atoms with Crippen LogP contribution in [0.4, 0.5) is 0 Å². The van der Waals surface area contributed by atoms with Gasteiger partial charge in [-0.25, -0.2) is 0 Å². The average Bonchev–Trinajstić information content (AvgIpc) is 3.10. The topological polar surface area (TPSA) is 124 Å². The maximum Gasteiger partial charge on any atom is 0.306 e. The number of methoxy groups -OCH3 is 1. The van der Waals surface area contributed by atoms with Gasteiger partial charge >= 0.3 is 5.97 Å². The highest BCUT2D eigenvalue weighted by atomic mass is 16.7. The number of carbonyl (C=O) groups is 3. The third-order valence-electron chi connectivity index (χ3n) is 8.54. The number of unbranched alkanes of at least 4 members (excludes halogenated alkanes) is 10. The molecule has 0 aromatic heterocycles. The minimum atomic E-state index is -1.18. The molecule has 0 radical (unpaired) electrons. The van der Waals surface area contributed by atoms with Crippen molar-refractivity contribution in [2.75, 3.05) is 20.7 Å². The molecule has 10 heteroatoms. The van der Waals surface area contributed by atoms with Crippen LogP contribution >= 0.6 is 0 Å². The summed E-state index contributed by atoms with van der Waals surface area (Å²) in [6.07, 6.45) is 13.7. The Morgan fingerprint density at radius 2 is 1.62 bits per heavy atom. The molecule has 10 nitrogen and oxygen atoms in total. The van der Waals surface area contributed by atoms with Gasteiger partial charge in [0.15, 0.2) is 11.9 Å². The molecule has 2 heterocycles. The van der Waals surface area contributed by atoms with E-state index in [4.69, 9.17) is 18.9 Å². The summed E-state index contributed by atoms with van der Waals surface area (Å²) in [5.74, 6) is -1.90. The molecule has 2 amide bonds. The largest absolute Gasteiger partial charge is 0.460 e. The van der Waals surface area contributed by atoms with E-state index in [1.54, 1.807) is 27.0 Å². The molecule has 2 saturated heterocycles. The first-order valence-electron chi connectivity index (χ1n) is 17.4. The second-order valence-electron chi connectivity index (χ2n) is 13.6. The lowest BCUT2D eigenvalue weighted by atomic mass is 9.97. The number of amides is 2. The zero-order valence-corrected chi connectivity index (χ0v) is 29.1. The number of likely N-dealkylation sites (tertiary alicyclic amines) is 1. The number of nitrogens with one attached hydrogen (secondary N) is 1. The van der Waals surface area contributed by atoms with E-state index in [1.807, 2.05) is 19.9 Å². The number of nitrogens with zero attached hydrogens (tertiary/aromatic N) is 1. The van der Waals surface area contributed by atoms with Gasteiger partial charge in [0, 0.05) is 20.6 Å². The third kappa shape index (κ3) is 14.1. The molecule has 2 aliphatic heterocycles. The Hall–Kier alpha value is -2.01. The number of ether oxygens (including phenoxy) is 4. The van der Waals surface area contributed by atoms with E-state index in [0.717, 1.165) is 19.3 Å². The molecule has 6 atom stereocenters. The highest BCUT2D eigenvalue weighted by Gasteiger charge is 2.48. The van der Waals surface area contributed by atoms with E-state index in [9.17, 15) is 19.5 Å². The molecular weight excluding hydrogens is 576 g/mol. The van der Waals surface area contributed by atoms with Crippen LogP contribution in [0.15, 0.2) is 12.2 Å². The second-order valence-corrected chi connectivity index (χ2v) is 13.6. The van der Waals surface area contributed by atoms with Gasteiger partial charge < -0.3 is 34.3 Å². The van der Waals surface area contributed by atoms with Crippen molar-refractivity contribution in [3.8, 4) is 0 Å². The van der Waals surface area contributed by atoms with Crippen molar-refractivity contribution in [3.05, 3.63) is 12.2 Å². The molecule has 0 saturated carbocycles. The van der Waals surface area contributed by atoms with Crippen molar-refractivity contribution < 1.29 is 38.4 Å². The zero-order chi connectivity index (χ0) is 33.4. The fourth-order valence-corrected chi connectivity index (χ4v) is 6.02. The van der Waals surface area contributed by atoms with Crippen LogP contribution in [0.5, 0.6) is 0 Å². The summed E-state index contributed by atoms with van der Waals surface area (Å²) in [5, 5.41) is 13.9. The number of esters is 1. The lowest BCUT2D eigenvalue weighted by molar-refractivity contribution is -0.334. The van der Waals surface area contributed by atoms with Crippen molar-refractivity contribution in [1.82, 2.24) is 10.2 Å². The van der Waals surface area contributed by atoms with Crippen molar-refractivity contribution in [2.45, 2.75) is 167 Å². The predicted octanol–water partition coefficient (Wildman–Crippen LogP) is 5.44. The van der Waals surface area contributed by atoms with Gasteiger partial charge in [-0.15, -0.1) is 0 Å². The molecule has 260 valence electrons. The van der Waals surface area contributed by atoms with Crippen molar-refractivity contribution in [1.29, 1.82) is 0 Å². The minimum Gasteiger partial charge on any atom is -0.460 e. The predicted molar refractivity (Wildman–Crippen MR) is 174 cm³/mol. The van der Waals surface area contributed by atoms with Gasteiger partial charge in [-0.05, 0) is 39.0 Å². The molecule has 2 rings (SSSR count). The van der Waals surface area contributed by atoms with Gasteiger partial charge in [-0.1, -0.05) is 97.1 Å². The highest BCUT2D eigenvalue weighted by molar-refractivity contribution is 5.89. The Morgan fingerprint density at radius 1 is 1.02 bits per heavy atom. The summed E-state index contributed by atoms with van der Waals surface area (Å²) < 4.78 is 23.1. The van der Waals surface area contributed by atoms with E-state index in [1.165, 1.54) is 63.4 Å². The lowest BCUT2D eigenvalue weighted by Crippen LogP contribution is -2.62. The lowest BCUT2D eigenvalue weighted by Gasteiger charge is -2.45. The molecule has 2 N–H and O–H groups in total. The second kappa shape index (κ2) is 20.3. The van der Waals surface area contributed by atoms with Crippen LogP contribution in [-0.2, 0) is 33.3 Å². The number of likely N-dealkylation sites (N-methyl/N-ethyl adjacent to an activating group) is 1. The molecule has 0 aliphatic carbocycles. The van der Waals surface area contributed by atoms with Crippen LogP contribution in [0.1, 0.15) is 125 Å². The van der Waals surface area contributed by atoms with Gasteiger partial charge in [-0.3, -0.25) is 14.4 Å². The van der Waals surface area contributed by atoms with Crippen LogP contribution in [0, 0.1) is 5.92 Å². The van der Waals surface area contributed by atoms with Gasteiger partial charge in [0.2, 0.25) is 5.91 Å². The van der Waals surface area contributed by atoms with Gasteiger partial charge in [0.05, 0.1) is 6.54 Å². The normalized spacial score (nSPS) is 26.2. The van der Waals surface area contributed by atoms with E-state index in [2.05, 4.69) is 12.2 Å². The number of rotatable bonds is 19. The summed E-state index contributed by atoms with van der Waals surface area (Å²) in [7, 11) is 3.01. The van der Waals surface area contributed by atoms with Gasteiger partial charge in [0.25, 0.3) is 5.91 Å². The van der Waals surface area contributed by atoms with Gasteiger partial charge in [-0.2, -0.15) is 0 Å². The first-order valence-corrected chi connectivity index (χ1v) is 17.4. The molecule has 2 fully saturated rings. The number of carbonyl (C=O) groups excluding carboxylic acids is 3. The highest BCUT2D eigenvalue weighted by Crippen LogP contribution is 2.31. The maximum atomic E-state index is 13.4. The van der Waals surface area contributed by atoms with Crippen molar-refractivity contribution >= 4 is 17.8 Å². The van der Waals surface area contributed by atoms with Crippen LogP contribution in [0.3, 0.4) is 0 Å². The Morgan fingerprint density at radius 3 is 2.20 bits per heavy atom. The van der Waals surface area contributed by atoms with Crippen LogP contribution < -0.4 is 5.32 Å². The molecule has 0 aromatic carbocycles. The SMILES string of the molecule is CCCCCCCCCCCCCC(=O)O[C@H]1CC[C@H](NC(=O)[C@H](OC)[C@@H]2OC(C)(C)O[C@H](/C=C/C(C)C)[C@@H]2O)C(=O)N(C)C1. The molecule has 45 heavy (non-hydrogen) atoms. The van der Waals surface area contributed by atoms with E-state index in [-0.39, 0.29) is 24.3 Å². The van der Waals surface area contributed by atoms with E-state index >= 15 is 0 Å². The fraction of sp³-hybridized carbons (Fsp3) is 0.857. The van der Waals surface area contributed by atoms with E-state index in [0.29, 0.717) is 19.3 Å². The number of aliphatic hydroxyl groups is 1. The molecular formula is C35H62N2O8. The van der Waals surface area contributed by atoms with Gasteiger partial charge in [0.1, 0.15) is 30.5 Å². The van der Waals surface area contributed by atoms with E-state index < -0.39 is 48.3 Å². The Kier molecular flexibility index (Phi) is 17.6.